The molecule has 0 unspecified atom stereocenters. The Morgan fingerprint density at radius 2 is 2.16 bits per heavy atom. The van der Waals surface area contributed by atoms with Crippen molar-refractivity contribution in [3.8, 4) is 0 Å². The maximum Gasteiger partial charge on any atom is 0.277 e. The van der Waals surface area contributed by atoms with Gasteiger partial charge in [-0.3, -0.25) is 9.36 Å². The third-order valence-corrected chi connectivity index (χ3v) is 3.33. The molecule has 2 N–H and O–H groups in total. The fraction of sp³-hybridized carbons (Fsp3) is 0.286. The number of H-pyrrole nitrogens is 1. The van der Waals surface area contributed by atoms with Crippen molar-refractivity contribution in [3.05, 3.63) is 40.4 Å². The third kappa shape index (κ3) is 1.74. The summed E-state index contributed by atoms with van der Waals surface area (Å²) in [7, 11) is 0. The molecule has 19 heavy (non-hydrogen) atoms. The van der Waals surface area contributed by atoms with E-state index in [1.807, 2.05) is 31.2 Å². The molecule has 0 spiro atoms. The summed E-state index contributed by atoms with van der Waals surface area (Å²) >= 11 is 0. The Bertz CT molecular complexity index is 801. The molecule has 0 aliphatic rings. The number of rotatable bonds is 3. The Morgan fingerprint density at radius 1 is 1.37 bits per heavy atom. The summed E-state index contributed by atoms with van der Waals surface area (Å²) in [5, 5.41) is 10.0. The number of benzene rings is 1. The molecule has 2 heterocycles. The van der Waals surface area contributed by atoms with Crippen LogP contribution in [0.3, 0.4) is 0 Å². The highest BCUT2D eigenvalue weighted by Gasteiger charge is 2.13. The molecule has 1 aromatic carbocycles. The van der Waals surface area contributed by atoms with Gasteiger partial charge in [-0.1, -0.05) is 25.1 Å². The van der Waals surface area contributed by atoms with Crippen LogP contribution in [0.2, 0.25) is 0 Å². The maximum atomic E-state index is 12.4. The van der Waals surface area contributed by atoms with Gasteiger partial charge >= 0.3 is 0 Å². The fourth-order valence-corrected chi connectivity index (χ4v) is 2.44. The molecule has 3 aromatic rings. The summed E-state index contributed by atoms with van der Waals surface area (Å²) in [5.74, 6) is 0.705. The van der Waals surface area contributed by atoms with E-state index in [1.165, 1.54) is 4.57 Å². The quantitative estimate of drug-likeness (QED) is 0.745. The Balaban J connectivity index is 2.44. The number of para-hydroxylation sites is 1. The molecule has 5 heteroatoms. The van der Waals surface area contributed by atoms with Crippen LogP contribution in [0.4, 0.5) is 0 Å². The third-order valence-electron chi connectivity index (χ3n) is 3.33. The molecule has 0 atom stereocenters. The first-order valence-corrected chi connectivity index (χ1v) is 6.37. The molecule has 0 saturated carbocycles. The van der Waals surface area contributed by atoms with E-state index in [0.717, 1.165) is 10.9 Å². The zero-order valence-corrected chi connectivity index (χ0v) is 10.7. The largest absolute Gasteiger partial charge is 0.395 e. The number of nitrogens with one attached hydrogen (secondary N) is 1. The van der Waals surface area contributed by atoms with E-state index >= 15 is 0 Å². The van der Waals surface area contributed by atoms with Crippen molar-refractivity contribution < 1.29 is 5.11 Å². The maximum absolute atomic E-state index is 12.4. The topological polar surface area (TPSA) is 70.9 Å². The second-order valence-electron chi connectivity index (χ2n) is 4.46. The molecule has 0 aliphatic heterocycles. The number of aliphatic hydroxyl groups is 1. The molecule has 98 valence electrons. The first kappa shape index (κ1) is 11.9. The van der Waals surface area contributed by atoms with E-state index in [9.17, 15) is 4.79 Å². The van der Waals surface area contributed by atoms with Gasteiger partial charge in [0.05, 0.1) is 13.2 Å². The molecule has 3 rings (SSSR count). The summed E-state index contributed by atoms with van der Waals surface area (Å²) in [6.45, 7) is 2.16. The molecule has 0 radical (unpaired) electrons. The van der Waals surface area contributed by atoms with Crippen molar-refractivity contribution >= 4 is 21.9 Å². The minimum atomic E-state index is -0.118. The number of aliphatic hydroxyl groups excluding tert-OH is 1. The summed E-state index contributed by atoms with van der Waals surface area (Å²) in [4.78, 5) is 20.1. The number of fused-ring (bicyclic) bond motifs is 3. The molecular formula is C14H15N3O2. The Hall–Kier alpha value is -2.14. The van der Waals surface area contributed by atoms with E-state index in [0.29, 0.717) is 23.3 Å². The lowest BCUT2D eigenvalue weighted by atomic mass is 10.2. The van der Waals surface area contributed by atoms with Crippen LogP contribution in [0.25, 0.3) is 21.9 Å². The van der Waals surface area contributed by atoms with Crippen LogP contribution < -0.4 is 5.56 Å². The van der Waals surface area contributed by atoms with Gasteiger partial charge < -0.3 is 10.1 Å². The lowest BCUT2D eigenvalue weighted by Gasteiger charge is -2.09. The Labute approximate surface area is 109 Å². The average molecular weight is 257 g/mol. The van der Waals surface area contributed by atoms with Gasteiger partial charge in [0.2, 0.25) is 0 Å². The number of aromatic amines is 1. The van der Waals surface area contributed by atoms with Gasteiger partial charge in [0.25, 0.3) is 5.56 Å². The van der Waals surface area contributed by atoms with Gasteiger partial charge in [-0.05, 0) is 6.07 Å². The van der Waals surface area contributed by atoms with Gasteiger partial charge in [0.15, 0.2) is 0 Å². The predicted octanol–water partition coefficient (Wildman–Crippen LogP) is 1.43. The molecule has 0 aliphatic carbocycles. The van der Waals surface area contributed by atoms with Gasteiger partial charge in [0.1, 0.15) is 16.9 Å². The lowest BCUT2D eigenvalue weighted by Crippen LogP contribution is -2.26. The first-order valence-electron chi connectivity index (χ1n) is 6.37. The smallest absolute Gasteiger partial charge is 0.277 e. The SMILES string of the molecule is CCc1nc2c([nH]c3ccccc32)c(=O)n1CCO. The van der Waals surface area contributed by atoms with Crippen LogP contribution >= 0.6 is 0 Å². The monoisotopic (exact) mass is 257 g/mol. The van der Waals surface area contributed by atoms with Crippen molar-refractivity contribution in [2.75, 3.05) is 6.61 Å². The first-order chi connectivity index (χ1) is 9.26. The lowest BCUT2D eigenvalue weighted by molar-refractivity contribution is 0.272. The van der Waals surface area contributed by atoms with Crippen LogP contribution in [-0.2, 0) is 13.0 Å². The second kappa shape index (κ2) is 4.51. The van der Waals surface area contributed by atoms with E-state index in [-0.39, 0.29) is 18.7 Å². The summed E-state index contributed by atoms with van der Waals surface area (Å²) < 4.78 is 1.54. The highest BCUT2D eigenvalue weighted by molar-refractivity contribution is 6.04. The number of aromatic nitrogens is 3. The molecule has 0 amide bonds. The number of hydrogen-bond acceptors (Lipinski definition) is 3. The van der Waals surface area contributed by atoms with Gasteiger partial charge in [-0.2, -0.15) is 0 Å². The van der Waals surface area contributed by atoms with E-state index in [1.54, 1.807) is 0 Å². The molecule has 5 nitrogen and oxygen atoms in total. The molecule has 0 bridgehead atoms. The predicted molar refractivity (Wildman–Crippen MR) is 74.3 cm³/mol. The zero-order valence-electron chi connectivity index (χ0n) is 10.7. The van der Waals surface area contributed by atoms with Gasteiger partial charge in [0, 0.05) is 17.3 Å². The molecule has 0 fully saturated rings. The van der Waals surface area contributed by atoms with Crippen LogP contribution in [0.15, 0.2) is 29.1 Å². The molecule has 2 aromatic heterocycles. The van der Waals surface area contributed by atoms with Crippen molar-refractivity contribution in [3.63, 3.8) is 0 Å². The second-order valence-corrected chi connectivity index (χ2v) is 4.46. The Kier molecular flexibility index (Phi) is 2.83. The van der Waals surface area contributed by atoms with E-state index in [4.69, 9.17) is 5.11 Å². The van der Waals surface area contributed by atoms with E-state index < -0.39 is 0 Å². The van der Waals surface area contributed by atoms with Gasteiger partial charge in [-0.25, -0.2) is 4.98 Å². The Morgan fingerprint density at radius 3 is 2.89 bits per heavy atom. The van der Waals surface area contributed by atoms with Crippen molar-refractivity contribution in [2.45, 2.75) is 19.9 Å². The molecular weight excluding hydrogens is 242 g/mol. The van der Waals surface area contributed by atoms with Crippen molar-refractivity contribution in [1.29, 1.82) is 0 Å². The minimum absolute atomic E-state index is 0.0691. The van der Waals surface area contributed by atoms with Gasteiger partial charge in [-0.15, -0.1) is 0 Å². The standard InChI is InChI=1S/C14H15N3O2/c1-2-11-16-12-9-5-3-4-6-10(9)15-13(12)14(19)17(11)7-8-18/h3-6,15,18H,2,7-8H2,1H3. The summed E-state index contributed by atoms with van der Waals surface area (Å²) in [5.41, 5.74) is 2.01. The van der Waals surface area contributed by atoms with E-state index in [2.05, 4.69) is 9.97 Å². The average Bonchev–Trinajstić information content (AvgIpc) is 2.81. The molecule has 0 saturated heterocycles. The van der Waals surface area contributed by atoms with Crippen LogP contribution in [0, 0.1) is 0 Å². The van der Waals surface area contributed by atoms with Crippen molar-refractivity contribution in [2.24, 2.45) is 0 Å². The highest BCUT2D eigenvalue weighted by atomic mass is 16.3. The van der Waals surface area contributed by atoms with Crippen LogP contribution in [0.1, 0.15) is 12.7 Å². The van der Waals surface area contributed by atoms with Crippen LogP contribution in [0.5, 0.6) is 0 Å². The minimum Gasteiger partial charge on any atom is -0.395 e. The number of nitrogens with zero attached hydrogens (tertiary/aromatic N) is 2. The normalized spacial score (nSPS) is 11.5. The fourth-order valence-electron chi connectivity index (χ4n) is 2.44. The van der Waals surface area contributed by atoms with Crippen molar-refractivity contribution in [1.82, 2.24) is 14.5 Å². The zero-order chi connectivity index (χ0) is 13.4. The summed E-state index contributed by atoms with van der Waals surface area (Å²) in [6.07, 6.45) is 0.657. The number of aryl methyl sites for hydroxylation is 1. The summed E-state index contributed by atoms with van der Waals surface area (Å²) in [6, 6.07) is 7.74. The van der Waals surface area contributed by atoms with Crippen LogP contribution in [-0.4, -0.2) is 26.2 Å². The number of hydrogen-bond donors (Lipinski definition) is 2. The highest BCUT2D eigenvalue weighted by Crippen LogP contribution is 2.21.